The summed E-state index contributed by atoms with van der Waals surface area (Å²) >= 11 is 0. The number of benzene rings is 1. The molecule has 0 saturated carbocycles. The molecule has 7 heteroatoms. The van der Waals surface area contributed by atoms with Crippen molar-refractivity contribution in [3.8, 4) is 0 Å². The van der Waals surface area contributed by atoms with Crippen LogP contribution in [0.1, 0.15) is 24.8 Å². The summed E-state index contributed by atoms with van der Waals surface area (Å²) < 4.78 is 4.50. The van der Waals surface area contributed by atoms with Gasteiger partial charge in [-0.25, -0.2) is 9.69 Å². The van der Waals surface area contributed by atoms with Crippen LogP contribution < -0.4 is 10.2 Å². The maximum Gasteiger partial charge on any atom is 0.329 e. The summed E-state index contributed by atoms with van der Waals surface area (Å²) in [6.07, 6.45) is 5.31. The molecule has 3 amide bonds. The number of ether oxygens (including phenoxy) is 1. The van der Waals surface area contributed by atoms with Crippen molar-refractivity contribution < 1.29 is 19.1 Å². The molecule has 1 aromatic rings. The van der Waals surface area contributed by atoms with Crippen LogP contribution in [-0.2, 0) is 14.3 Å². The van der Waals surface area contributed by atoms with E-state index in [0.717, 1.165) is 29.2 Å². The number of amides is 3. The van der Waals surface area contributed by atoms with Crippen molar-refractivity contribution in [1.82, 2.24) is 10.2 Å². The highest BCUT2D eigenvalue weighted by Crippen LogP contribution is 2.21. The average molecular weight is 343 g/mol. The van der Waals surface area contributed by atoms with Gasteiger partial charge in [0.05, 0.1) is 7.11 Å². The van der Waals surface area contributed by atoms with E-state index in [0.29, 0.717) is 0 Å². The molecule has 0 bridgehead atoms. The van der Waals surface area contributed by atoms with Crippen LogP contribution in [0.2, 0.25) is 0 Å². The number of esters is 1. The normalized spacial score (nSPS) is 19.3. The van der Waals surface area contributed by atoms with Gasteiger partial charge in [0, 0.05) is 18.8 Å². The van der Waals surface area contributed by atoms with E-state index in [2.05, 4.69) is 15.0 Å². The molecule has 1 N–H and O–H groups in total. The van der Waals surface area contributed by atoms with E-state index >= 15 is 0 Å². The van der Waals surface area contributed by atoms with Gasteiger partial charge in [0.25, 0.3) is 5.91 Å². The molecule has 0 aliphatic carbocycles. The van der Waals surface area contributed by atoms with Crippen LogP contribution in [-0.4, -0.2) is 49.6 Å². The van der Waals surface area contributed by atoms with Gasteiger partial charge >= 0.3 is 12.0 Å². The van der Waals surface area contributed by atoms with Gasteiger partial charge in [-0.15, -0.1) is 0 Å². The molecule has 0 aromatic heterocycles. The molecule has 2 aliphatic heterocycles. The van der Waals surface area contributed by atoms with Gasteiger partial charge in [0.2, 0.25) is 0 Å². The fourth-order valence-corrected chi connectivity index (χ4v) is 3.01. The zero-order valence-corrected chi connectivity index (χ0v) is 14.2. The molecule has 1 aromatic carbocycles. The molecule has 2 heterocycles. The van der Waals surface area contributed by atoms with E-state index in [1.807, 2.05) is 24.3 Å². The minimum absolute atomic E-state index is 0.152. The molecule has 2 aliphatic rings. The van der Waals surface area contributed by atoms with Gasteiger partial charge in [-0.3, -0.25) is 9.59 Å². The molecule has 0 atom stereocenters. The Kier molecular flexibility index (Phi) is 5.02. The maximum absolute atomic E-state index is 12.2. The lowest BCUT2D eigenvalue weighted by Gasteiger charge is -2.28. The topological polar surface area (TPSA) is 79.0 Å². The summed E-state index contributed by atoms with van der Waals surface area (Å²) in [6.45, 7) is 1.74. The number of rotatable bonds is 4. The predicted molar refractivity (Wildman–Crippen MR) is 92.7 cm³/mol. The average Bonchev–Trinajstić information content (AvgIpc) is 2.90. The molecule has 25 heavy (non-hydrogen) atoms. The Hall–Kier alpha value is -2.83. The van der Waals surface area contributed by atoms with Crippen LogP contribution in [0.4, 0.5) is 10.5 Å². The highest BCUT2D eigenvalue weighted by atomic mass is 16.5. The van der Waals surface area contributed by atoms with Crippen LogP contribution in [0.25, 0.3) is 6.08 Å². The second-order valence-corrected chi connectivity index (χ2v) is 6.09. The fraction of sp³-hybridized carbons (Fsp3) is 0.389. The second-order valence-electron chi connectivity index (χ2n) is 6.09. The minimum Gasteiger partial charge on any atom is -0.468 e. The second kappa shape index (κ2) is 7.38. The first-order chi connectivity index (χ1) is 12.1. The monoisotopic (exact) mass is 343 g/mol. The Balaban J connectivity index is 1.71. The number of hydrogen-bond acceptors (Lipinski definition) is 5. The van der Waals surface area contributed by atoms with Crippen molar-refractivity contribution in [2.24, 2.45) is 0 Å². The number of piperidine rings is 1. The van der Waals surface area contributed by atoms with Crippen LogP contribution in [0.3, 0.4) is 0 Å². The zero-order chi connectivity index (χ0) is 17.8. The Morgan fingerprint density at radius 2 is 1.84 bits per heavy atom. The van der Waals surface area contributed by atoms with Gasteiger partial charge in [-0.1, -0.05) is 12.1 Å². The molecule has 2 fully saturated rings. The third-order valence-corrected chi connectivity index (χ3v) is 4.40. The van der Waals surface area contributed by atoms with E-state index in [1.165, 1.54) is 26.4 Å². The Morgan fingerprint density at radius 3 is 2.48 bits per heavy atom. The molecule has 0 radical (unpaired) electrons. The first kappa shape index (κ1) is 17.0. The molecule has 2 saturated heterocycles. The Morgan fingerprint density at radius 1 is 1.16 bits per heavy atom. The Bertz CT molecular complexity index is 706. The van der Waals surface area contributed by atoms with Crippen LogP contribution >= 0.6 is 0 Å². The van der Waals surface area contributed by atoms with E-state index in [9.17, 15) is 14.4 Å². The summed E-state index contributed by atoms with van der Waals surface area (Å²) in [7, 11) is 1.21. The minimum atomic E-state index is -0.643. The lowest BCUT2D eigenvalue weighted by Crippen LogP contribution is -2.36. The van der Waals surface area contributed by atoms with Gasteiger partial charge in [0.1, 0.15) is 12.2 Å². The Labute approximate surface area is 146 Å². The van der Waals surface area contributed by atoms with Crippen molar-refractivity contribution in [3.05, 3.63) is 35.5 Å². The molecular formula is C18H21N3O4. The number of nitrogens with one attached hydrogen (secondary N) is 1. The zero-order valence-electron chi connectivity index (χ0n) is 14.2. The van der Waals surface area contributed by atoms with Crippen molar-refractivity contribution in [1.29, 1.82) is 0 Å². The van der Waals surface area contributed by atoms with Crippen LogP contribution in [0, 0.1) is 0 Å². The third-order valence-electron chi connectivity index (χ3n) is 4.40. The number of imide groups is 1. The van der Waals surface area contributed by atoms with Gasteiger partial charge in [-0.2, -0.15) is 0 Å². The summed E-state index contributed by atoms with van der Waals surface area (Å²) in [5, 5.41) is 2.49. The summed E-state index contributed by atoms with van der Waals surface area (Å²) in [5.41, 5.74) is 2.12. The standard InChI is InChI=1S/C18H21N3O4/c1-25-16(22)12-21-17(23)15(19-18(21)24)11-13-5-7-14(8-6-13)20-9-3-2-4-10-20/h5-8,11H,2-4,9-10,12H2,1H3,(H,19,24). The summed E-state index contributed by atoms with van der Waals surface area (Å²) in [4.78, 5) is 38.6. The summed E-state index contributed by atoms with van der Waals surface area (Å²) in [5.74, 6) is -1.17. The van der Waals surface area contributed by atoms with Crippen LogP contribution in [0.5, 0.6) is 0 Å². The largest absolute Gasteiger partial charge is 0.468 e. The van der Waals surface area contributed by atoms with Crippen molar-refractivity contribution in [2.75, 3.05) is 31.6 Å². The summed E-state index contributed by atoms with van der Waals surface area (Å²) in [6, 6.07) is 7.25. The van der Waals surface area contributed by atoms with Crippen molar-refractivity contribution in [3.63, 3.8) is 0 Å². The molecule has 0 spiro atoms. The van der Waals surface area contributed by atoms with Gasteiger partial charge in [-0.05, 0) is 43.0 Å². The molecular weight excluding hydrogens is 322 g/mol. The number of carbonyl (C=O) groups excluding carboxylic acids is 3. The highest BCUT2D eigenvalue weighted by molar-refractivity contribution is 6.15. The molecule has 0 unspecified atom stereocenters. The molecule has 7 nitrogen and oxygen atoms in total. The number of anilines is 1. The van der Waals surface area contributed by atoms with E-state index in [4.69, 9.17) is 0 Å². The van der Waals surface area contributed by atoms with E-state index in [1.54, 1.807) is 6.08 Å². The fourth-order valence-electron chi connectivity index (χ4n) is 3.01. The highest BCUT2D eigenvalue weighted by Gasteiger charge is 2.35. The SMILES string of the molecule is COC(=O)CN1C(=O)NC(=Cc2ccc(N3CCCCC3)cc2)C1=O. The number of nitrogens with zero attached hydrogens (tertiary/aromatic N) is 2. The quantitative estimate of drug-likeness (QED) is 0.512. The van der Waals surface area contributed by atoms with E-state index < -0.39 is 24.5 Å². The van der Waals surface area contributed by atoms with Gasteiger partial charge < -0.3 is 15.0 Å². The number of hydrogen-bond donors (Lipinski definition) is 1. The first-order valence-corrected chi connectivity index (χ1v) is 8.35. The lowest BCUT2D eigenvalue weighted by atomic mass is 10.1. The van der Waals surface area contributed by atoms with Crippen molar-refractivity contribution >= 4 is 29.7 Å². The maximum atomic E-state index is 12.2. The third kappa shape index (κ3) is 3.81. The molecule has 3 rings (SSSR count). The van der Waals surface area contributed by atoms with E-state index in [-0.39, 0.29) is 5.70 Å². The van der Waals surface area contributed by atoms with Gasteiger partial charge in [0.15, 0.2) is 0 Å². The predicted octanol–water partition coefficient (Wildman–Crippen LogP) is 1.74. The van der Waals surface area contributed by atoms with Crippen LogP contribution in [0.15, 0.2) is 30.0 Å². The van der Waals surface area contributed by atoms with Crippen molar-refractivity contribution in [2.45, 2.75) is 19.3 Å². The number of methoxy groups -OCH3 is 1. The number of urea groups is 1. The first-order valence-electron chi connectivity index (χ1n) is 8.35. The lowest BCUT2D eigenvalue weighted by molar-refractivity contribution is -0.143. The smallest absolute Gasteiger partial charge is 0.329 e. The molecule has 132 valence electrons. The number of carbonyl (C=O) groups is 3.